The fourth-order valence-corrected chi connectivity index (χ4v) is 3.97. The maximum atomic E-state index is 10.2. The molecule has 7 nitrogen and oxygen atoms in total. The number of nitrogens with zero attached hydrogens (tertiary/aromatic N) is 3. The lowest BCUT2D eigenvalue weighted by atomic mass is 9.99. The molecule has 0 saturated heterocycles. The second-order valence-electron chi connectivity index (χ2n) is 7.11. The molecule has 29 heavy (non-hydrogen) atoms. The Balaban J connectivity index is 1.91. The molecule has 1 N–H and O–H groups in total. The molecular formula is C22H25N3O4. The molecule has 4 rings (SSSR count). The van der Waals surface area contributed by atoms with Gasteiger partial charge in [0.2, 0.25) is 0 Å². The number of methoxy groups -OCH3 is 3. The second kappa shape index (κ2) is 7.75. The topological polar surface area (TPSA) is 76.9 Å². The lowest BCUT2D eigenvalue weighted by Crippen LogP contribution is -2.25. The zero-order valence-electron chi connectivity index (χ0n) is 17.1. The van der Waals surface area contributed by atoms with Crippen molar-refractivity contribution in [2.45, 2.75) is 25.9 Å². The molecule has 7 heteroatoms. The molecule has 0 saturated carbocycles. The van der Waals surface area contributed by atoms with Crippen LogP contribution >= 0.6 is 0 Å². The van der Waals surface area contributed by atoms with Gasteiger partial charge in [-0.05, 0) is 37.5 Å². The van der Waals surface area contributed by atoms with Crippen molar-refractivity contribution in [2.24, 2.45) is 0 Å². The summed E-state index contributed by atoms with van der Waals surface area (Å²) < 4.78 is 16.4. The first-order valence-electron chi connectivity index (χ1n) is 9.61. The van der Waals surface area contributed by atoms with Crippen molar-refractivity contribution >= 4 is 22.3 Å². The number of benzene rings is 2. The average molecular weight is 395 g/mol. The highest BCUT2D eigenvalue weighted by Gasteiger charge is 2.24. The van der Waals surface area contributed by atoms with E-state index < -0.39 is 6.10 Å². The standard InChI is InChI=1S/C22H25N3O4/c1-13(26)15-9-16-17(10-20(15)27-2)24-23-12-19(16)25-7-5-6-14-8-21(28-3)22(29-4)11-18(14)25/h8-13,26H,5-7H2,1-4H3. The molecule has 0 radical (unpaired) electrons. The summed E-state index contributed by atoms with van der Waals surface area (Å²) in [7, 11) is 4.88. The Kier molecular flexibility index (Phi) is 5.15. The molecule has 2 aromatic carbocycles. The molecule has 1 aliphatic heterocycles. The molecule has 0 aliphatic carbocycles. The molecule has 1 aliphatic rings. The van der Waals surface area contributed by atoms with Crippen molar-refractivity contribution in [1.29, 1.82) is 0 Å². The molecule has 0 bridgehead atoms. The van der Waals surface area contributed by atoms with Crippen molar-refractivity contribution in [1.82, 2.24) is 10.2 Å². The Morgan fingerprint density at radius 1 is 0.966 bits per heavy atom. The minimum absolute atomic E-state index is 0.601. The minimum Gasteiger partial charge on any atom is -0.496 e. The third-order valence-corrected chi connectivity index (χ3v) is 5.41. The largest absolute Gasteiger partial charge is 0.496 e. The molecule has 0 amide bonds. The van der Waals surface area contributed by atoms with E-state index in [4.69, 9.17) is 14.2 Å². The van der Waals surface area contributed by atoms with Gasteiger partial charge in [0.1, 0.15) is 5.75 Å². The van der Waals surface area contributed by atoms with E-state index in [9.17, 15) is 5.11 Å². The van der Waals surface area contributed by atoms with E-state index in [-0.39, 0.29) is 0 Å². The number of aliphatic hydroxyl groups is 1. The van der Waals surface area contributed by atoms with Gasteiger partial charge in [0, 0.05) is 35.3 Å². The number of ether oxygens (including phenoxy) is 3. The molecule has 1 unspecified atom stereocenters. The van der Waals surface area contributed by atoms with E-state index in [1.807, 2.05) is 24.3 Å². The lowest BCUT2D eigenvalue weighted by molar-refractivity contribution is 0.194. The van der Waals surface area contributed by atoms with E-state index in [0.29, 0.717) is 11.5 Å². The van der Waals surface area contributed by atoms with E-state index >= 15 is 0 Å². The van der Waals surface area contributed by atoms with Gasteiger partial charge in [0.15, 0.2) is 11.5 Å². The highest BCUT2D eigenvalue weighted by Crippen LogP contribution is 2.43. The predicted octanol–water partition coefficient (Wildman–Crippen LogP) is 3.79. The van der Waals surface area contributed by atoms with E-state index in [2.05, 4.69) is 15.1 Å². The van der Waals surface area contributed by atoms with Crippen molar-refractivity contribution in [3.8, 4) is 17.2 Å². The Bertz CT molecular complexity index is 1050. The summed E-state index contributed by atoms with van der Waals surface area (Å²) in [4.78, 5) is 2.23. The minimum atomic E-state index is -0.659. The summed E-state index contributed by atoms with van der Waals surface area (Å²) in [6.45, 7) is 2.57. The number of aryl methyl sites for hydroxylation is 1. The summed E-state index contributed by atoms with van der Waals surface area (Å²) in [5, 5.41) is 19.6. The van der Waals surface area contributed by atoms with Crippen LogP contribution in [-0.4, -0.2) is 43.2 Å². The van der Waals surface area contributed by atoms with Crippen molar-refractivity contribution in [3.05, 3.63) is 41.6 Å². The summed E-state index contributed by atoms with van der Waals surface area (Å²) in [5.41, 5.74) is 4.64. The Labute approximate surface area is 169 Å². The van der Waals surface area contributed by atoms with Crippen LogP contribution in [0, 0.1) is 0 Å². The molecule has 3 aromatic rings. The Morgan fingerprint density at radius 3 is 2.38 bits per heavy atom. The van der Waals surface area contributed by atoms with Crippen LogP contribution in [0.2, 0.25) is 0 Å². The number of aromatic nitrogens is 2. The summed E-state index contributed by atoms with van der Waals surface area (Å²) in [6, 6.07) is 7.82. The number of anilines is 2. The number of hydrogen-bond donors (Lipinski definition) is 1. The number of rotatable bonds is 5. The van der Waals surface area contributed by atoms with Crippen molar-refractivity contribution in [3.63, 3.8) is 0 Å². The third-order valence-electron chi connectivity index (χ3n) is 5.41. The predicted molar refractivity (Wildman–Crippen MR) is 112 cm³/mol. The highest BCUT2D eigenvalue weighted by atomic mass is 16.5. The van der Waals surface area contributed by atoms with Gasteiger partial charge in [0.25, 0.3) is 0 Å². The van der Waals surface area contributed by atoms with Crippen LogP contribution in [-0.2, 0) is 6.42 Å². The molecule has 1 aromatic heterocycles. The summed E-state index contributed by atoms with van der Waals surface area (Å²) in [6.07, 6.45) is 3.08. The quantitative estimate of drug-likeness (QED) is 0.704. The maximum absolute atomic E-state index is 10.2. The summed E-state index contributed by atoms with van der Waals surface area (Å²) in [5.74, 6) is 2.02. The van der Waals surface area contributed by atoms with Gasteiger partial charge in [-0.3, -0.25) is 0 Å². The van der Waals surface area contributed by atoms with Crippen LogP contribution in [0.3, 0.4) is 0 Å². The number of hydrogen-bond acceptors (Lipinski definition) is 7. The number of fused-ring (bicyclic) bond motifs is 2. The van der Waals surface area contributed by atoms with E-state index in [1.165, 1.54) is 5.56 Å². The maximum Gasteiger partial charge on any atom is 0.162 e. The van der Waals surface area contributed by atoms with Crippen LogP contribution in [0.25, 0.3) is 10.9 Å². The first-order chi connectivity index (χ1) is 14.1. The van der Waals surface area contributed by atoms with Gasteiger partial charge in [-0.2, -0.15) is 10.2 Å². The zero-order valence-corrected chi connectivity index (χ0v) is 17.1. The van der Waals surface area contributed by atoms with Crippen molar-refractivity contribution < 1.29 is 19.3 Å². The molecule has 2 heterocycles. The van der Waals surface area contributed by atoms with Gasteiger partial charge >= 0.3 is 0 Å². The first-order valence-corrected chi connectivity index (χ1v) is 9.61. The number of aliphatic hydroxyl groups excluding tert-OH is 1. The van der Waals surface area contributed by atoms with Crippen LogP contribution < -0.4 is 19.1 Å². The summed E-state index contributed by atoms with van der Waals surface area (Å²) >= 11 is 0. The fraction of sp³-hybridized carbons (Fsp3) is 0.364. The highest BCUT2D eigenvalue weighted by molar-refractivity contribution is 5.95. The monoisotopic (exact) mass is 395 g/mol. The van der Waals surface area contributed by atoms with Crippen LogP contribution in [0.5, 0.6) is 17.2 Å². The van der Waals surface area contributed by atoms with Gasteiger partial charge < -0.3 is 24.2 Å². The second-order valence-corrected chi connectivity index (χ2v) is 7.11. The molecule has 152 valence electrons. The van der Waals surface area contributed by atoms with Gasteiger partial charge in [0.05, 0.1) is 44.8 Å². The van der Waals surface area contributed by atoms with Crippen LogP contribution in [0.4, 0.5) is 11.4 Å². The molecular weight excluding hydrogens is 370 g/mol. The van der Waals surface area contributed by atoms with Gasteiger partial charge in [-0.25, -0.2) is 0 Å². The SMILES string of the molecule is COc1cc2c(cc1OC)N(c1cnnc3cc(OC)c(C(C)O)cc13)CCC2. The van der Waals surface area contributed by atoms with Crippen LogP contribution in [0.1, 0.15) is 30.6 Å². The van der Waals surface area contributed by atoms with Crippen LogP contribution in [0.15, 0.2) is 30.5 Å². The van der Waals surface area contributed by atoms with Gasteiger partial charge in [-0.15, -0.1) is 0 Å². The fourth-order valence-electron chi connectivity index (χ4n) is 3.97. The van der Waals surface area contributed by atoms with Gasteiger partial charge in [-0.1, -0.05) is 0 Å². The Morgan fingerprint density at radius 2 is 1.69 bits per heavy atom. The van der Waals surface area contributed by atoms with Crippen molar-refractivity contribution in [2.75, 3.05) is 32.8 Å². The molecule has 0 spiro atoms. The molecule has 1 atom stereocenters. The lowest BCUT2D eigenvalue weighted by Gasteiger charge is -2.32. The molecule has 0 fully saturated rings. The third kappa shape index (κ3) is 3.31. The van der Waals surface area contributed by atoms with E-state index in [0.717, 1.165) is 53.0 Å². The average Bonchev–Trinajstić information content (AvgIpc) is 2.76. The normalized spacial score (nSPS) is 14.4. The smallest absolute Gasteiger partial charge is 0.162 e. The zero-order chi connectivity index (χ0) is 20.5. The first kappa shape index (κ1) is 19.3. The Hall–Kier alpha value is -3.06. The van der Waals surface area contributed by atoms with E-state index in [1.54, 1.807) is 34.4 Å².